The Morgan fingerprint density at radius 3 is 2.76 bits per heavy atom. The highest BCUT2D eigenvalue weighted by Gasteiger charge is 2.20. The molecule has 0 aliphatic rings. The zero-order valence-corrected chi connectivity index (χ0v) is 20.2. The van der Waals surface area contributed by atoms with Gasteiger partial charge in [0.25, 0.3) is 0 Å². The number of hydrogen-bond donors (Lipinski definition) is 1. The van der Waals surface area contributed by atoms with Crippen molar-refractivity contribution in [3.8, 4) is 16.5 Å². The van der Waals surface area contributed by atoms with Crippen LogP contribution in [0.2, 0.25) is 0 Å². The van der Waals surface area contributed by atoms with Gasteiger partial charge in [0.05, 0.1) is 24.7 Å². The SMILES string of the molecule is CCCOCCn1c(=O)oc2ccc(-c3ccc(C[C@@H](C#N)NC(=O)OC(C)(C)C)s3)cc21. The van der Waals surface area contributed by atoms with Crippen molar-refractivity contribution < 1.29 is 18.7 Å². The molecule has 2 aromatic heterocycles. The molecule has 0 saturated heterocycles. The molecule has 0 spiro atoms. The van der Waals surface area contributed by atoms with Gasteiger partial charge in [-0.05, 0) is 63.1 Å². The predicted molar refractivity (Wildman–Crippen MR) is 127 cm³/mol. The third kappa shape index (κ3) is 6.70. The molecule has 8 nitrogen and oxygen atoms in total. The molecule has 0 aliphatic heterocycles. The Kier molecular flexibility index (Phi) is 7.95. The molecule has 176 valence electrons. The molecule has 1 atom stereocenters. The third-order valence-corrected chi connectivity index (χ3v) is 5.83. The lowest BCUT2D eigenvalue weighted by atomic mass is 10.1. The average Bonchev–Trinajstić information content (AvgIpc) is 3.33. The number of nitriles is 1. The Balaban J connectivity index is 1.73. The van der Waals surface area contributed by atoms with Gasteiger partial charge in [0.1, 0.15) is 11.6 Å². The number of alkyl carbamates (subject to hydrolysis) is 1. The van der Waals surface area contributed by atoms with Gasteiger partial charge in [0.2, 0.25) is 0 Å². The van der Waals surface area contributed by atoms with Crippen molar-refractivity contribution in [2.75, 3.05) is 13.2 Å². The van der Waals surface area contributed by atoms with Crippen LogP contribution in [0.1, 0.15) is 39.0 Å². The van der Waals surface area contributed by atoms with E-state index in [4.69, 9.17) is 13.9 Å². The first-order valence-electron chi connectivity index (χ1n) is 10.9. The molecular formula is C24H29N3O5S. The van der Waals surface area contributed by atoms with Crippen LogP contribution in [0.5, 0.6) is 0 Å². The fraction of sp³-hybridized carbons (Fsp3) is 0.458. The normalized spacial score (nSPS) is 12.5. The first kappa shape index (κ1) is 24.6. The lowest BCUT2D eigenvalue weighted by Crippen LogP contribution is -2.39. The highest BCUT2D eigenvalue weighted by molar-refractivity contribution is 7.15. The number of aromatic nitrogens is 1. The summed E-state index contributed by atoms with van der Waals surface area (Å²) in [4.78, 5) is 26.2. The van der Waals surface area contributed by atoms with Gasteiger partial charge in [0, 0.05) is 22.8 Å². The van der Waals surface area contributed by atoms with E-state index >= 15 is 0 Å². The quantitative estimate of drug-likeness (QED) is 0.453. The number of carbonyl (C=O) groups excluding carboxylic acids is 1. The maximum absolute atomic E-state index is 12.3. The summed E-state index contributed by atoms with van der Waals surface area (Å²) in [6.07, 6.45) is 0.678. The largest absolute Gasteiger partial charge is 0.444 e. The van der Waals surface area contributed by atoms with E-state index in [0.29, 0.717) is 37.3 Å². The molecule has 33 heavy (non-hydrogen) atoms. The fourth-order valence-electron chi connectivity index (χ4n) is 3.25. The van der Waals surface area contributed by atoms with Crippen LogP contribution in [-0.4, -0.2) is 35.5 Å². The summed E-state index contributed by atoms with van der Waals surface area (Å²) in [7, 11) is 0. The van der Waals surface area contributed by atoms with Crippen LogP contribution in [0, 0.1) is 11.3 Å². The molecule has 3 rings (SSSR count). The van der Waals surface area contributed by atoms with Crippen molar-refractivity contribution in [3.63, 3.8) is 0 Å². The number of nitrogens with one attached hydrogen (secondary N) is 1. The topological polar surface area (TPSA) is 106 Å². The summed E-state index contributed by atoms with van der Waals surface area (Å²) in [6.45, 7) is 8.87. The summed E-state index contributed by atoms with van der Waals surface area (Å²) in [6, 6.07) is 10.9. The van der Waals surface area contributed by atoms with E-state index in [9.17, 15) is 14.9 Å². The third-order valence-electron chi connectivity index (χ3n) is 4.67. The Morgan fingerprint density at radius 1 is 1.27 bits per heavy atom. The Labute approximate surface area is 196 Å². The highest BCUT2D eigenvalue weighted by Crippen LogP contribution is 2.31. The van der Waals surface area contributed by atoms with Crippen LogP contribution in [0.15, 0.2) is 39.5 Å². The van der Waals surface area contributed by atoms with E-state index < -0.39 is 23.5 Å². The van der Waals surface area contributed by atoms with Crippen molar-refractivity contribution in [1.29, 1.82) is 5.26 Å². The number of hydrogen-bond acceptors (Lipinski definition) is 7. The van der Waals surface area contributed by atoms with Gasteiger partial charge >= 0.3 is 11.8 Å². The molecule has 3 aromatic rings. The number of thiophene rings is 1. The van der Waals surface area contributed by atoms with Crippen molar-refractivity contribution in [1.82, 2.24) is 9.88 Å². The van der Waals surface area contributed by atoms with Crippen LogP contribution in [0.25, 0.3) is 21.5 Å². The average molecular weight is 472 g/mol. The molecule has 1 N–H and O–H groups in total. The Morgan fingerprint density at radius 2 is 2.06 bits per heavy atom. The van der Waals surface area contributed by atoms with E-state index in [1.54, 1.807) is 31.4 Å². The molecular weight excluding hydrogens is 442 g/mol. The Bertz CT molecular complexity index is 1200. The van der Waals surface area contributed by atoms with Gasteiger partial charge in [-0.2, -0.15) is 5.26 Å². The number of nitrogens with zero attached hydrogens (tertiary/aromatic N) is 2. The lowest BCUT2D eigenvalue weighted by Gasteiger charge is -2.21. The summed E-state index contributed by atoms with van der Waals surface area (Å²) in [5, 5.41) is 12.1. The molecule has 9 heteroatoms. The van der Waals surface area contributed by atoms with Gasteiger partial charge in [-0.3, -0.25) is 4.57 Å². The maximum Gasteiger partial charge on any atom is 0.420 e. The van der Waals surface area contributed by atoms with Crippen LogP contribution in [0.4, 0.5) is 4.79 Å². The highest BCUT2D eigenvalue weighted by atomic mass is 32.1. The summed E-state index contributed by atoms with van der Waals surface area (Å²) < 4.78 is 17.7. The standard InChI is InChI=1S/C24H29N3O5S/c1-5-11-30-12-10-27-19-13-16(6-8-20(19)31-23(27)29)21-9-7-18(33-21)14-17(15-25)26-22(28)32-24(2,3)4/h6-9,13,17H,5,10-12,14H2,1-4H3,(H,26,28)/t17-/m0/s1. The first-order chi connectivity index (χ1) is 15.7. The van der Waals surface area contributed by atoms with Gasteiger partial charge in [-0.1, -0.05) is 6.92 Å². The van der Waals surface area contributed by atoms with Crippen LogP contribution >= 0.6 is 11.3 Å². The zero-order chi connectivity index (χ0) is 24.0. The molecule has 1 aromatic carbocycles. The van der Waals surface area contributed by atoms with Crippen molar-refractivity contribution in [2.45, 2.75) is 58.7 Å². The Hall–Kier alpha value is -3.09. The smallest absolute Gasteiger partial charge is 0.420 e. The van der Waals surface area contributed by atoms with E-state index in [2.05, 4.69) is 11.4 Å². The number of fused-ring (bicyclic) bond motifs is 1. The monoisotopic (exact) mass is 471 g/mol. The van der Waals surface area contributed by atoms with Crippen molar-refractivity contribution in [2.24, 2.45) is 0 Å². The van der Waals surface area contributed by atoms with Crippen LogP contribution in [0.3, 0.4) is 0 Å². The van der Waals surface area contributed by atoms with Gasteiger partial charge in [-0.25, -0.2) is 9.59 Å². The van der Waals surface area contributed by atoms with E-state index in [1.807, 2.05) is 31.2 Å². The molecule has 2 heterocycles. The number of oxazole rings is 1. The van der Waals surface area contributed by atoms with Crippen LogP contribution < -0.4 is 11.1 Å². The van der Waals surface area contributed by atoms with E-state index in [0.717, 1.165) is 21.7 Å². The number of carbonyl (C=O) groups is 1. The van der Waals surface area contributed by atoms with Crippen molar-refractivity contribution >= 4 is 28.5 Å². The van der Waals surface area contributed by atoms with Gasteiger partial charge < -0.3 is 19.2 Å². The predicted octanol–water partition coefficient (Wildman–Crippen LogP) is 4.71. The molecule has 0 bridgehead atoms. The van der Waals surface area contributed by atoms with Gasteiger partial charge in [-0.15, -0.1) is 11.3 Å². The minimum absolute atomic E-state index is 0.369. The molecule has 0 saturated carbocycles. The second-order valence-corrected chi connectivity index (χ2v) is 9.78. The molecule has 1 amide bonds. The van der Waals surface area contributed by atoms with Crippen molar-refractivity contribution in [3.05, 3.63) is 45.8 Å². The molecule has 0 fully saturated rings. The second kappa shape index (κ2) is 10.7. The van der Waals surface area contributed by atoms with E-state index in [-0.39, 0.29) is 0 Å². The summed E-state index contributed by atoms with van der Waals surface area (Å²) >= 11 is 1.53. The second-order valence-electron chi connectivity index (χ2n) is 8.61. The van der Waals surface area contributed by atoms with Crippen LogP contribution in [-0.2, 0) is 22.4 Å². The van der Waals surface area contributed by atoms with Gasteiger partial charge in [0.15, 0.2) is 5.58 Å². The molecule has 0 aliphatic carbocycles. The summed E-state index contributed by atoms with van der Waals surface area (Å²) in [5.41, 5.74) is 1.56. The fourth-order valence-corrected chi connectivity index (χ4v) is 4.30. The number of rotatable bonds is 9. The van der Waals surface area contributed by atoms with E-state index in [1.165, 1.54) is 11.3 Å². The zero-order valence-electron chi connectivity index (χ0n) is 19.3. The molecule has 0 unspecified atom stereocenters. The first-order valence-corrected chi connectivity index (χ1v) is 11.7. The minimum atomic E-state index is -0.698. The maximum atomic E-state index is 12.3. The summed E-state index contributed by atoms with van der Waals surface area (Å²) in [5.74, 6) is -0.404. The number of benzene rings is 1. The number of amides is 1. The molecule has 0 radical (unpaired) electrons. The number of ether oxygens (including phenoxy) is 2. The lowest BCUT2D eigenvalue weighted by molar-refractivity contribution is 0.0516. The minimum Gasteiger partial charge on any atom is -0.444 e.